The molecular weight excluding hydrogens is 556 g/mol. The maximum Gasteiger partial charge on any atom is 0.293 e. The van der Waals surface area contributed by atoms with Crippen molar-refractivity contribution in [2.75, 3.05) is 19.1 Å². The summed E-state index contributed by atoms with van der Waals surface area (Å²) in [7, 11) is 2.95. The summed E-state index contributed by atoms with van der Waals surface area (Å²) in [4.78, 5) is 47.6. The average Bonchev–Trinajstić information content (AvgIpc) is 3.39. The van der Waals surface area contributed by atoms with Crippen LogP contribution in [0.1, 0.15) is 18.1 Å². The number of methoxy groups -OCH3 is 1. The van der Waals surface area contributed by atoms with E-state index >= 15 is 0 Å². The molecule has 0 radical (unpaired) electrons. The standard InChI is InChI=1S/C23H19BrN4O5S2/c1-13(29)28(12-14-4-6-25-7-5-14)22-26-11-20(35-22)33-18-10-16(24)15(8-17(18)32-3)9-19-21(30)27(2)23(31)34-19/h4-11H,12H2,1-3H3/b19-9-. The molecule has 0 spiro atoms. The van der Waals surface area contributed by atoms with Gasteiger partial charge in [0, 0.05) is 30.8 Å². The Labute approximate surface area is 217 Å². The number of rotatable bonds is 7. The zero-order valence-corrected chi connectivity index (χ0v) is 22.1. The Morgan fingerprint density at radius 3 is 2.60 bits per heavy atom. The van der Waals surface area contributed by atoms with Gasteiger partial charge in [0.2, 0.25) is 11.0 Å². The number of likely N-dealkylation sites (N-methyl/N-ethyl adjacent to an activating group) is 1. The lowest BCUT2D eigenvalue weighted by molar-refractivity contribution is -0.121. The van der Waals surface area contributed by atoms with Crippen LogP contribution in [0.15, 0.2) is 52.2 Å². The molecule has 0 bridgehead atoms. The van der Waals surface area contributed by atoms with Crippen LogP contribution in [0.3, 0.4) is 0 Å². The van der Waals surface area contributed by atoms with E-state index in [4.69, 9.17) is 9.47 Å². The molecule has 4 rings (SSSR count). The topological polar surface area (TPSA) is 102 Å². The molecule has 0 N–H and O–H groups in total. The third kappa shape index (κ3) is 5.55. The number of amides is 3. The summed E-state index contributed by atoms with van der Waals surface area (Å²) in [5, 5.41) is 0.633. The second-order valence-electron chi connectivity index (χ2n) is 7.29. The van der Waals surface area contributed by atoms with Gasteiger partial charge in [-0.15, -0.1) is 0 Å². The number of halogens is 1. The van der Waals surface area contributed by atoms with E-state index in [1.807, 2.05) is 12.1 Å². The number of imide groups is 1. The van der Waals surface area contributed by atoms with Gasteiger partial charge < -0.3 is 9.47 Å². The first kappa shape index (κ1) is 24.9. The summed E-state index contributed by atoms with van der Waals surface area (Å²) in [6.45, 7) is 1.84. The van der Waals surface area contributed by atoms with Crippen molar-refractivity contribution in [3.63, 3.8) is 0 Å². The van der Waals surface area contributed by atoms with Crippen molar-refractivity contribution in [2.24, 2.45) is 0 Å². The lowest BCUT2D eigenvalue weighted by atomic mass is 10.2. The molecule has 0 unspecified atom stereocenters. The molecular formula is C23H19BrN4O5S2. The van der Waals surface area contributed by atoms with Gasteiger partial charge in [-0.05, 0) is 53.2 Å². The highest BCUT2D eigenvalue weighted by Crippen LogP contribution is 2.41. The number of pyridine rings is 1. The first-order chi connectivity index (χ1) is 16.8. The predicted molar refractivity (Wildman–Crippen MR) is 138 cm³/mol. The van der Waals surface area contributed by atoms with Crippen LogP contribution in [0.2, 0.25) is 0 Å². The Morgan fingerprint density at radius 1 is 1.23 bits per heavy atom. The Kier molecular flexibility index (Phi) is 7.53. The minimum Gasteiger partial charge on any atom is -0.493 e. The highest BCUT2D eigenvalue weighted by Gasteiger charge is 2.32. The lowest BCUT2D eigenvalue weighted by Crippen LogP contribution is -2.27. The number of thiazole rings is 1. The summed E-state index contributed by atoms with van der Waals surface area (Å²) >= 11 is 5.60. The molecule has 0 atom stereocenters. The number of aromatic nitrogens is 2. The number of nitrogens with zero attached hydrogens (tertiary/aromatic N) is 4. The number of hydrogen-bond donors (Lipinski definition) is 0. The van der Waals surface area contributed by atoms with E-state index in [9.17, 15) is 14.4 Å². The van der Waals surface area contributed by atoms with E-state index in [0.717, 1.165) is 22.2 Å². The molecule has 3 amide bonds. The monoisotopic (exact) mass is 574 g/mol. The minimum absolute atomic E-state index is 0.149. The fourth-order valence-corrected chi connectivity index (χ4v) is 5.18. The van der Waals surface area contributed by atoms with Gasteiger partial charge >= 0.3 is 0 Å². The summed E-state index contributed by atoms with van der Waals surface area (Å²) in [5.74, 6) is 0.332. The third-order valence-electron chi connectivity index (χ3n) is 4.94. The SMILES string of the molecule is COc1cc(/C=C2\SC(=O)N(C)C2=O)c(Br)cc1Oc1cnc(N(Cc2ccncc2)C(C)=O)s1. The van der Waals surface area contributed by atoms with Crippen LogP contribution in [-0.2, 0) is 16.1 Å². The Balaban J connectivity index is 1.57. The van der Waals surface area contributed by atoms with E-state index in [1.54, 1.807) is 41.7 Å². The third-order valence-corrected chi connectivity index (χ3v) is 7.49. The van der Waals surface area contributed by atoms with Gasteiger partial charge in [0.25, 0.3) is 11.1 Å². The number of ether oxygens (including phenoxy) is 2. The maximum absolute atomic E-state index is 12.3. The minimum atomic E-state index is -0.356. The van der Waals surface area contributed by atoms with Gasteiger partial charge in [-0.2, -0.15) is 0 Å². The summed E-state index contributed by atoms with van der Waals surface area (Å²) < 4.78 is 12.2. The van der Waals surface area contributed by atoms with Gasteiger partial charge in [0.15, 0.2) is 16.6 Å². The molecule has 1 fully saturated rings. The fraction of sp³-hybridized carbons (Fsp3) is 0.174. The van der Waals surface area contributed by atoms with Crippen LogP contribution >= 0.6 is 39.0 Å². The Hall–Kier alpha value is -3.22. The van der Waals surface area contributed by atoms with Crippen LogP contribution in [0.5, 0.6) is 16.6 Å². The number of hydrogen-bond acceptors (Lipinski definition) is 9. The van der Waals surface area contributed by atoms with E-state index in [1.165, 1.54) is 32.4 Å². The number of anilines is 1. The molecule has 1 aromatic carbocycles. The normalized spacial score (nSPS) is 14.5. The quantitative estimate of drug-likeness (QED) is 0.349. The van der Waals surface area contributed by atoms with E-state index in [2.05, 4.69) is 25.9 Å². The van der Waals surface area contributed by atoms with Gasteiger partial charge in [-0.1, -0.05) is 27.3 Å². The Morgan fingerprint density at radius 2 is 1.97 bits per heavy atom. The van der Waals surface area contributed by atoms with Crippen LogP contribution in [-0.4, -0.2) is 46.1 Å². The van der Waals surface area contributed by atoms with E-state index < -0.39 is 0 Å². The largest absolute Gasteiger partial charge is 0.493 e. The molecule has 9 nitrogen and oxygen atoms in total. The first-order valence-corrected chi connectivity index (χ1v) is 12.6. The number of carbonyl (C=O) groups excluding carboxylic acids is 3. The summed E-state index contributed by atoms with van der Waals surface area (Å²) in [6.07, 6.45) is 6.51. The van der Waals surface area contributed by atoms with E-state index in [-0.39, 0.29) is 17.1 Å². The zero-order chi connectivity index (χ0) is 25.1. The highest BCUT2D eigenvalue weighted by molar-refractivity contribution is 9.10. The molecule has 3 aromatic rings. The fourth-order valence-electron chi connectivity index (χ4n) is 3.10. The van der Waals surface area contributed by atoms with Crippen molar-refractivity contribution in [2.45, 2.75) is 13.5 Å². The van der Waals surface area contributed by atoms with Crippen LogP contribution in [0.25, 0.3) is 6.08 Å². The van der Waals surface area contributed by atoms with Crippen molar-refractivity contribution < 1.29 is 23.9 Å². The number of benzene rings is 1. The molecule has 1 aliphatic heterocycles. The molecule has 0 saturated carbocycles. The van der Waals surface area contributed by atoms with Crippen molar-refractivity contribution in [1.29, 1.82) is 0 Å². The van der Waals surface area contributed by atoms with Crippen molar-refractivity contribution >= 4 is 67.3 Å². The zero-order valence-electron chi connectivity index (χ0n) is 18.9. The highest BCUT2D eigenvalue weighted by atomic mass is 79.9. The van der Waals surface area contributed by atoms with Crippen molar-refractivity contribution in [3.05, 3.63) is 63.4 Å². The first-order valence-electron chi connectivity index (χ1n) is 10.2. The predicted octanol–water partition coefficient (Wildman–Crippen LogP) is 5.32. The maximum atomic E-state index is 12.3. The van der Waals surface area contributed by atoms with Gasteiger partial charge in [-0.3, -0.25) is 29.2 Å². The molecule has 1 aliphatic rings. The average molecular weight is 575 g/mol. The summed E-state index contributed by atoms with van der Waals surface area (Å²) in [5.41, 5.74) is 1.58. The molecule has 2 aromatic heterocycles. The molecule has 12 heteroatoms. The van der Waals surface area contributed by atoms with Crippen LogP contribution in [0.4, 0.5) is 9.93 Å². The smallest absolute Gasteiger partial charge is 0.293 e. The molecule has 180 valence electrons. The molecule has 0 aliphatic carbocycles. The number of thioether (sulfide) groups is 1. The van der Waals surface area contributed by atoms with Crippen LogP contribution < -0.4 is 14.4 Å². The second kappa shape index (κ2) is 10.6. The number of carbonyl (C=O) groups is 3. The lowest BCUT2D eigenvalue weighted by Gasteiger charge is -2.17. The van der Waals surface area contributed by atoms with Gasteiger partial charge in [0.1, 0.15) is 0 Å². The van der Waals surface area contributed by atoms with E-state index in [0.29, 0.717) is 43.2 Å². The second-order valence-corrected chi connectivity index (χ2v) is 10.1. The van der Waals surface area contributed by atoms with Crippen LogP contribution in [0, 0.1) is 0 Å². The van der Waals surface area contributed by atoms with Gasteiger partial charge in [0.05, 0.1) is 24.8 Å². The van der Waals surface area contributed by atoms with Gasteiger partial charge in [-0.25, -0.2) is 4.98 Å². The molecule has 1 saturated heterocycles. The van der Waals surface area contributed by atoms with Crippen molar-refractivity contribution in [1.82, 2.24) is 14.9 Å². The Bertz CT molecular complexity index is 1330. The molecule has 3 heterocycles. The van der Waals surface area contributed by atoms with Crippen molar-refractivity contribution in [3.8, 4) is 16.6 Å². The summed E-state index contributed by atoms with van der Waals surface area (Å²) in [6, 6.07) is 7.09. The molecule has 35 heavy (non-hydrogen) atoms.